The Balaban J connectivity index is 1.64. The number of furan rings is 1. The van der Waals surface area contributed by atoms with Crippen molar-refractivity contribution in [1.29, 1.82) is 0 Å². The van der Waals surface area contributed by atoms with Crippen molar-refractivity contribution in [1.82, 2.24) is 0 Å². The number of hydrogen-bond acceptors (Lipinski definition) is 3. The molecule has 0 aliphatic rings. The van der Waals surface area contributed by atoms with Crippen LogP contribution in [0.3, 0.4) is 0 Å². The molecule has 0 atom stereocenters. The Hall–Kier alpha value is -2.83. The van der Waals surface area contributed by atoms with E-state index in [1.807, 2.05) is 30.3 Å². The predicted octanol–water partition coefficient (Wildman–Crippen LogP) is 7.40. The number of amides is 1. The SMILES string of the molecule is O=C(Nc1c(-c2ccc(Br)cc2)oc2cc(F)ccc12)OCc1ccccc1Cl. The van der Waals surface area contributed by atoms with Gasteiger partial charge in [0.15, 0.2) is 5.76 Å². The van der Waals surface area contributed by atoms with Crippen LogP contribution in [-0.2, 0) is 11.3 Å². The maximum absolute atomic E-state index is 13.7. The molecule has 3 aromatic carbocycles. The number of anilines is 1. The lowest BCUT2D eigenvalue weighted by Gasteiger charge is -2.09. The average molecular weight is 475 g/mol. The van der Waals surface area contributed by atoms with E-state index in [9.17, 15) is 9.18 Å². The molecule has 1 heterocycles. The Morgan fingerprint density at radius 1 is 1.10 bits per heavy atom. The summed E-state index contributed by atoms with van der Waals surface area (Å²) in [5.74, 6) is -0.0192. The summed E-state index contributed by atoms with van der Waals surface area (Å²) in [6, 6.07) is 18.6. The van der Waals surface area contributed by atoms with E-state index < -0.39 is 11.9 Å². The molecule has 29 heavy (non-hydrogen) atoms. The Kier molecular flexibility index (Phi) is 5.56. The molecule has 0 bridgehead atoms. The van der Waals surface area contributed by atoms with Crippen molar-refractivity contribution in [3.8, 4) is 11.3 Å². The third kappa shape index (κ3) is 4.28. The molecule has 1 amide bonds. The van der Waals surface area contributed by atoms with Gasteiger partial charge in [0.25, 0.3) is 0 Å². The zero-order valence-corrected chi connectivity index (χ0v) is 17.3. The molecule has 0 spiro atoms. The van der Waals surface area contributed by atoms with Gasteiger partial charge >= 0.3 is 6.09 Å². The van der Waals surface area contributed by atoms with E-state index in [-0.39, 0.29) is 6.61 Å². The fourth-order valence-electron chi connectivity index (χ4n) is 2.90. The third-order valence-corrected chi connectivity index (χ3v) is 5.20. The van der Waals surface area contributed by atoms with Gasteiger partial charge < -0.3 is 9.15 Å². The molecule has 0 aliphatic heterocycles. The molecule has 1 N–H and O–H groups in total. The summed E-state index contributed by atoms with van der Waals surface area (Å²) >= 11 is 9.48. The minimum absolute atomic E-state index is 0.0174. The van der Waals surface area contributed by atoms with Gasteiger partial charge in [-0.25, -0.2) is 9.18 Å². The summed E-state index contributed by atoms with van der Waals surface area (Å²) in [6.45, 7) is 0.0174. The van der Waals surface area contributed by atoms with Crippen molar-refractivity contribution in [2.75, 3.05) is 5.32 Å². The molecule has 0 saturated carbocycles. The van der Waals surface area contributed by atoms with Crippen molar-refractivity contribution >= 4 is 50.3 Å². The number of benzene rings is 3. The van der Waals surface area contributed by atoms with E-state index in [4.69, 9.17) is 20.8 Å². The second-order valence-electron chi connectivity index (χ2n) is 6.25. The summed E-state index contributed by atoms with van der Waals surface area (Å²) in [6.07, 6.45) is -0.671. The van der Waals surface area contributed by atoms with Crippen LogP contribution in [0.15, 0.2) is 75.6 Å². The maximum atomic E-state index is 13.7. The van der Waals surface area contributed by atoms with Gasteiger partial charge in [-0.2, -0.15) is 0 Å². The van der Waals surface area contributed by atoms with Crippen molar-refractivity contribution in [3.05, 3.63) is 87.6 Å². The molecular weight excluding hydrogens is 461 g/mol. The lowest BCUT2D eigenvalue weighted by molar-refractivity contribution is 0.155. The number of halogens is 3. The Morgan fingerprint density at radius 3 is 2.62 bits per heavy atom. The van der Waals surface area contributed by atoms with Crippen LogP contribution in [-0.4, -0.2) is 6.09 Å². The first-order valence-corrected chi connectivity index (χ1v) is 9.83. The maximum Gasteiger partial charge on any atom is 0.412 e. The van der Waals surface area contributed by atoms with Crippen LogP contribution in [0.4, 0.5) is 14.9 Å². The van der Waals surface area contributed by atoms with Gasteiger partial charge in [0.1, 0.15) is 18.0 Å². The number of rotatable bonds is 4. The number of ether oxygens (including phenoxy) is 1. The molecule has 0 unspecified atom stereocenters. The van der Waals surface area contributed by atoms with Crippen LogP contribution in [0.25, 0.3) is 22.3 Å². The standard InChI is InChI=1S/C22H14BrClFNO3/c23-15-7-5-13(6-8-15)21-20(17-10-9-16(25)11-19(17)29-21)26-22(27)28-12-14-3-1-2-4-18(14)24/h1-11H,12H2,(H,26,27). The molecule has 7 heteroatoms. The van der Waals surface area contributed by atoms with Gasteiger partial charge in [-0.3, -0.25) is 5.32 Å². The molecule has 4 rings (SSSR count). The van der Waals surface area contributed by atoms with Crippen LogP contribution in [0.5, 0.6) is 0 Å². The van der Waals surface area contributed by atoms with Gasteiger partial charge in [-0.1, -0.05) is 57.9 Å². The van der Waals surface area contributed by atoms with Crippen molar-refractivity contribution < 1.29 is 18.3 Å². The van der Waals surface area contributed by atoms with E-state index in [2.05, 4.69) is 21.2 Å². The molecule has 1 aromatic heterocycles. The Morgan fingerprint density at radius 2 is 1.86 bits per heavy atom. The minimum atomic E-state index is -0.671. The lowest BCUT2D eigenvalue weighted by atomic mass is 10.1. The van der Waals surface area contributed by atoms with E-state index in [0.717, 1.165) is 10.0 Å². The van der Waals surface area contributed by atoms with E-state index in [1.165, 1.54) is 12.1 Å². The molecule has 0 fully saturated rings. The van der Waals surface area contributed by atoms with Crippen LogP contribution in [0.1, 0.15) is 5.56 Å². The largest absolute Gasteiger partial charge is 0.454 e. The molecule has 4 aromatic rings. The topological polar surface area (TPSA) is 51.5 Å². The lowest BCUT2D eigenvalue weighted by Crippen LogP contribution is -2.14. The normalized spacial score (nSPS) is 10.9. The highest BCUT2D eigenvalue weighted by Crippen LogP contribution is 2.38. The first-order valence-electron chi connectivity index (χ1n) is 8.66. The predicted molar refractivity (Wildman–Crippen MR) is 115 cm³/mol. The monoisotopic (exact) mass is 473 g/mol. The average Bonchev–Trinajstić information content (AvgIpc) is 3.05. The van der Waals surface area contributed by atoms with Crippen LogP contribution in [0, 0.1) is 5.82 Å². The Labute approximate surface area is 179 Å². The molecular formula is C22H14BrClFNO3. The van der Waals surface area contributed by atoms with Gasteiger partial charge in [0, 0.05) is 32.1 Å². The molecule has 0 radical (unpaired) electrons. The fraction of sp³-hybridized carbons (Fsp3) is 0.0455. The van der Waals surface area contributed by atoms with E-state index in [0.29, 0.717) is 33.0 Å². The highest BCUT2D eigenvalue weighted by atomic mass is 79.9. The number of carbonyl (C=O) groups is 1. The van der Waals surface area contributed by atoms with Gasteiger partial charge in [0.2, 0.25) is 0 Å². The first kappa shape index (κ1) is 19.5. The highest BCUT2D eigenvalue weighted by Gasteiger charge is 2.19. The van der Waals surface area contributed by atoms with Crippen LogP contribution in [0.2, 0.25) is 5.02 Å². The number of hydrogen-bond donors (Lipinski definition) is 1. The molecule has 146 valence electrons. The zero-order valence-electron chi connectivity index (χ0n) is 14.9. The Bertz CT molecular complexity index is 1190. The number of fused-ring (bicyclic) bond motifs is 1. The summed E-state index contributed by atoms with van der Waals surface area (Å²) in [5.41, 5.74) is 2.15. The second-order valence-corrected chi connectivity index (χ2v) is 7.57. The van der Waals surface area contributed by atoms with Gasteiger partial charge in [-0.15, -0.1) is 0 Å². The number of carbonyl (C=O) groups excluding carboxylic acids is 1. The van der Waals surface area contributed by atoms with Gasteiger partial charge in [-0.05, 0) is 30.3 Å². The molecule has 4 nitrogen and oxygen atoms in total. The van der Waals surface area contributed by atoms with Crippen molar-refractivity contribution in [2.45, 2.75) is 6.61 Å². The van der Waals surface area contributed by atoms with Crippen LogP contribution < -0.4 is 5.32 Å². The molecule has 0 aliphatic carbocycles. The van der Waals surface area contributed by atoms with E-state index in [1.54, 1.807) is 24.3 Å². The third-order valence-electron chi connectivity index (χ3n) is 4.30. The first-order chi connectivity index (χ1) is 14.0. The molecule has 0 saturated heterocycles. The smallest absolute Gasteiger partial charge is 0.412 e. The number of nitrogens with one attached hydrogen (secondary N) is 1. The van der Waals surface area contributed by atoms with Crippen LogP contribution >= 0.6 is 27.5 Å². The quantitative estimate of drug-likeness (QED) is 0.335. The summed E-state index contributed by atoms with van der Waals surface area (Å²) in [4.78, 5) is 12.4. The fourth-order valence-corrected chi connectivity index (χ4v) is 3.35. The summed E-state index contributed by atoms with van der Waals surface area (Å²) in [5, 5.41) is 3.81. The minimum Gasteiger partial charge on any atom is -0.454 e. The van der Waals surface area contributed by atoms with Crippen molar-refractivity contribution in [2.24, 2.45) is 0 Å². The zero-order chi connectivity index (χ0) is 20.4. The van der Waals surface area contributed by atoms with E-state index >= 15 is 0 Å². The highest BCUT2D eigenvalue weighted by molar-refractivity contribution is 9.10. The second kappa shape index (κ2) is 8.27. The summed E-state index contributed by atoms with van der Waals surface area (Å²) < 4.78 is 25.7. The summed E-state index contributed by atoms with van der Waals surface area (Å²) in [7, 11) is 0. The van der Waals surface area contributed by atoms with Crippen molar-refractivity contribution in [3.63, 3.8) is 0 Å². The van der Waals surface area contributed by atoms with Gasteiger partial charge in [0.05, 0.1) is 5.69 Å².